The van der Waals surface area contributed by atoms with Crippen LogP contribution in [0, 0.1) is 5.92 Å². The van der Waals surface area contributed by atoms with Crippen molar-refractivity contribution in [3.05, 3.63) is 41.1 Å². The number of hydrogen-bond donors (Lipinski definition) is 2. The summed E-state index contributed by atoms with van der Waals surface area (Å²) < 4.78 is 5.36. The first-order valence-corrected chi connectivity index (χ1v) is 11.7. The number of para-hydroxylation sites is 1. The molecule has 2 aromatic rings. The van der Waals surface area contributed by atoms with E-state index in [1.54, 1.807) is 0 Å². The number of ether oxygens (including phenoxy) is 1. The van der Waals surface area contributed by atoms with Crippen LogP contribution in [0.4, 0.5) is 4.79 Å². The van der Waals surface area contributed by atoms with Crippen molar-refractivity contribution >= 4 is 28.8 Å². The highest BCUT2D eigenvalue weighted by Crippen LogP contribution is 2.29. The van der Waals surface area contributed by atoms with Crippen LogP contribution in [0.2, 0.25) is 0 Å². The van der Waals surface area contributed by atoms with E-state index < -0.39 is 24.5 Å². The van der Waals surface area contributed by atoms with Gasteiger partial charge in [-0.05, 0) is 56.1 Å². The minimum absolute atomic E-state index is 0.0674. The predicted octanol–water partition coefficient (Wildman–Crippen LogP) is 4.07. The molecule has 32 heavy (non-hydrogen) atoms. The maximum Gasteiger partial charge on any atom is 0.339 e. The van der Waals surface area contributed by atoms with Crippen LogP contribution in [0.5, 0.6) is 0 Å². The van der Waals surface area contributed by atoms with E-state index in [0.717, 1.165) is 73.5 Å². The lowest BCUT2D eigenvalue weighted by atomic mass is 9.86. The van der Waals surface area contributed by atoms with Crippen LogP contribution >= 0.6 is 0 Å². The van der Waals surface area contributed by atoms with E-state index in [2.05, 4.69) is 17.6 Å². The molecular formula is C25H31N3O4. The minimum atomic E-state index is -0.635. The number of amides is 3. The van der Waals surface area contributed by atoms with Crippen molar-refractivity contribution in [3.8, 4) is 0 Å². The molecule has 1 fully saturated rings. The largest absolute Gasteiger partial charge is 0.452 e. The Bertz CT molecular complexity index is 1020. The van der Waals surface area contributed by atoms with Crippen molar-refractivity contribution in [1.82, 2.24) is 15.6 Å². The van der Waals surface area contributed by atoms with Crippen molar-refractivity contribution < 1.29 is 19.1 Å². The Labute approximate surface area is 188 Å². The molecule has 2 atom stereocenters. The Balaban J connectivity index is 1.42. The molecule has 2 aliphatic rings. The van der Waals surface area contributed by atoms with Gasteiger partial charge in [-0.25, -0.2) is 9.59 Å². The first-order valence-electron chi connectivity index (χ1n) is 11.7. The van der Waals surface area contributed by atoms with Gasteiger partial charge in [0.1, 0.15) is 0 Å². The molecule has 7 nitrogen and oxygen atoms in total. The van der Waals surface area contributed by atoms with Crippen LogP contribution in [0.1, 0.15) is 73.5 Å². The van der Waals surface area contributed by atoms with Crippen molar-refractivity contribution in [2.24, 2.45) is 5.92 Å². The average Bonchev–Trinajstić information content (AvgIpc) is 3.02. The molecule has 4 rings (SSSR count). The molecule has 7 heteroatoms. The van der Waals surface area contributed by atoms with Crippen LogP contribution in [0.25, 0.3) is 10.9 Å². The molecule has 1 saturated carbocycles. The highest BCUT2D eigenvalue weighted by molar-refractivity contribution is 6.06. The molecule has 1 heterocycles. The number of nitrogens with zero attached hydrogens (tertiary/aromatic N) is 1. The number of imide groups is 1. The number of aromatic nitrogens is 1. The molecule has 1 aromatic heterocycles. The fourth-order valence-electron chi connectivity index (χ4n) is 4.88. The zero-order valence-electron chi connectivity index (χ0n) is 18.6. The minimum Gasteiger partial charge on any atom is -0.452 e. The number of pyridine rings is 1. The molecule has 1 aromatic carbocycles. The summed E-state index contributed by atoms with van der Waals surface area (Å²) >= 11 is 0. The van der Waals surface area contributed by atoms with Gasteiger partial charge in [-0.2, -0.15) is 0 Å². The number of urea groups is 1. The third-order valence-electron chi connectivity index (χ3n) is 6.64. The number of carbonyl (C=O) groups excluding carboxylic acids is 3. The highest BCUT2D eigenvalue weighted by atomic mass is 16.5. The molecule has 2 unspecified atom stereocenters. The standard InChI is InChI=1S/C25H31N3O4/c1-16-9-5-7-12-19(16)27-25(31)28-22(29)15-32-24(30)23-17-10-3-2-4-13-20(17)26-21-14-8-6-11-18(21)23/h6,8,11,14,16,19H,2-5,7,9-10,12-13,15H2,1H3,(H2,27,28,29,31). The quantitative estimate of drug-likeness (QED) is 0.555. The predicted molar refractivity (Wildman–Crippen MR) is 121 cm³/mol. The zero-order chi connectivity index (χ0) is 22.5. The van der Waals surface area contributed by atoms with Crippen LogP contribution in [0.3, 0.4) is 0 Å². The third kappa shape index (κ3) is 5.09. The Morgan fingerprint density at radius 1 is 1.03 bits per heavy atom. The first kappa shape index (κ1) is 22.2. The van der Waals surface area contributed by atoms with Crippen LogP contribution < -0.4 is 10.6 Å². The number of nitrogens with one attached hydrogen (secondary N) is 2. The van der Waals surface area contributed by atoms with Gasteiger partial charge in [0.05, 0.1) is 11.1 Å². The maximum absolute atomic E-state index is 13.1. The topological polar surface area (TPSA) is 97.4 Å². The molecule has 2 N–H and O–H groups in total. The van der Waals surface area contributed by atoms with Gasteiger partial charge < -0.3 is 10.1 Å². The lowest BCUT2D eigenvalue weighted by Crippen LogP contribution is -2.48. The lowest BCUT2D eigenvalue weighted by molar-refractivity contribution is -0.123. The molecular weight excluding hydrogens is 406 g/mol. The smallest absolute Gasteiger partial charge is 0.339 e. The normalized spacial score (nSPS) is 20.7. The maximum atomic E-state index is 13.1. The highest BCUT2D eigenvalue weighted by Gasteiger charge is 2.25. The van der Waals surface area contributed by atoms with E-state index in [1.165, 1.54) is 6.42 Å². The Kier molecular flexibility index (Phi) is 7.02. The summed E-state index contributed by atoms with van der Waals surface area (Å²) in [4.78, 5) is 42.3. The number of benzene rings is 1. The van der Waals surface area contributed by atoms with Gasteiger partial charge >= 0.3 is 12.0 Å². The van der Waals surface area contributed by atoms with Crippen molar-refractivity contribution in [2.45, 2.75) is 70.8 Å². The molecule has 0 aliphatic heterocycles. The van der Waals surface area contributed by atoms with Crippen molar-refractivity contribution in [3.63, 3.8) is 0 Å². The Morgan fingerprint density at radius 3 is 2.66 bits per heavy atom. The third-order valence-corrected chi connectivity index (χ3v) is 6.64. The van der Waals surface area contributed by atoms with E-state index in [1.807, 2.05) is 24.3 Å². The van der Waals surface area contributed by atoms with Crippen LogP contribution in [-0.2, 0) is 22.4 Å². The first-order chi connectivity index (χ1) is 15.5. The summed E-state index contributed by atoms with van der Waals surface area (Å²) in [6, 6.07) is 7.05. The van der Waals surface area contributed by atoms with E-state index >= 15 is 0 Å². The molecule has 2 aliphatic carbocycles. The van der Waals surface area contributed by atoms with Crippen molar-refractivity contribution in [1.29, 1.82) is 0 Å². The summed E-state index contributed by atoms with van der Waals surface area (Å²) in [5.74, 6) is -0.792. The summed E-state index contributed by atoms with van der Waals surface area (Å²) in [6.07, 6.45) is 8.97. The van der Waals surface area contributed by atoms with Gasteiger partial charge in [-0.3, -0.25) is 15.1 Å². The second-order valence-corrected chi connectivity index (χ2v) is 8.96. The Hall–Kier alpha value is -2.96. The summed E-state index contributed by atoms with van der Waals surface area (Å²) in [5.41, 5.74) is 3.13. The zero-order valence-corrected chi connectivity index (χ0v) is 18.6. The van der Waals surface area contributed by atoms with Crippen LogP contribution in [-0.4, -0.2) is 35.5 Å². The average molecular weight is 438 g/mol. The molecule has 0 bridgehead atoms. The summed E-state index contributed by atoms with van der Waals surface area (Å²) in [7, 11) is 0. The van der Waals surface area contributed by atoms with E-state index in [-0.39, 0.29) is 6.04 Å². The van der Waals surface area contributed by atoms with E-state index in [0.29, 0.717) is 11.5 Å². The van der Waals surface area contributed by atoms with Gasteiger partial charge in [0.2, 0.25) is 0 Å². The molecule has 170 valence electrons. The van der Waals surface area contributed by atoms with Gasteiger partial charge in [-0.15, -0.1) is 0 Å². The second kappa shape index (κ2) is 10.1. The number of rotatable bonds is 4. The fourth-order valence-corrected chi connectivity index (χ4v) is 4.88. The number of hydrogen-bond acceptors (Lipinski definition) is 5. The molecule has 3 amide bonds. The van der Waals surface area contributed by atoms with Gasteiger partial charge in [0, 0.05) is 17.1 Å². The number of fused-ring (bicyclic) bond motifs is 2. The SMILES string of the molecule is CC1CCCCC1NC(=O)NC(=O)COC(=O)c1c2c(nc3ccccc13)CCCCC2. The fraction of sp³-hybridized carbons (Fsp3) is 0.520. The summed E-state index contributed by atoms with van der Waals surface area (Å²) in [5, 5.41) is 5.90. The van der Waals surface area contributed by atoms with E-state index in [9.17, 15) is 14.4 Å². The monoisotopic (exact) mass is 437 g/mol. The van der Waals surface area contributed by atoms with Gasteiger partial charge in [0.15, 0.2) is 6.61 Å². The number of aryl methyl sites for hydroxylation is 1. The lowest BCUT2D eigenvalue weighted by Gasteiger charge is -2.29. The van der Waals surface area contributed by atoms with Gasteiger partial charge in [-0.1, -0.05) is 44.4 Å². The van der Waals surface area contributed by atoms with E-state index in [4.69, 9.17) is 9.72 Å². The Morgan fingerprint density at radius 2 is 1.81 bits per heavy atom. The second-order valence-electron chi connectivity index (χ2n) is 8.96. The summed E-state index contributed by atoms with van der Waals surface area (Å²) in [6.45, 7) is 1.60. The molecule has 0 radical (unpaired) electrons. The van der Waals surface area contributed by atoms with Gasteiger partial charge in [0.25, 0.3) is 5.91 Å². The van der Waals surface area contributed by atoms with Crippen LogP contribution in [0.15, 0.2) is 24.3 Å². The number of esters is 1. The van der Waals surface area contributed by atoms with Crippen molar-refractivity contribution in [2.75, 3.05) is 6.61 Å². The molecule has 0 spiro atoms. The molecule has 0 saturated heterocycles. The number of carbonyl (C=O) groups is 3.